The van der Waals surface area contributed by atoms with Crippen molar-refractivity contribution in [2.24, 2.45) is 0 Å². The zero-order valence-electron chi connectivity index (χ0n) is 9.26. The molecule has 5 nitrogen and oxygen atoms in total. The van der Waals surface area contributed by atoms with E-state index >= 15 is 0 Å². The van der Waals surface area contributed by atoms with Gasteiger partial charge in [0.2, 0.25) is 0 Å². The van der Waals surface area contributed by atoms with Crippen LogP contribution in [0.15, 0.2) is 0 Å². The summed E-state index contributed by atoms with van der Waals surface area (Å²) < 4.78 is 27.3. The number of Topliss-reactive ketones (excluding diaryl/α,β-unsaturated/α-hetero) is 1. The Morgan fingerprint density at radius 2 is 1.87 bits per heavy atom. The molecule has 88 valence electrons. The van der Waals surface area contributed by atoms with Crippen molar-refractivity contribution in [3.8, 4) is 0 Å². The lowest BCUT2D eigenvalue weighted by molar-refractivity contribution is -0.118. The van der Waals surface area contributed by atoms with Crippen LogP contribution in [-0.4, -0.2) is 37.4 Å². The van der Waals surface area contributed by atoms with Crippen molar-refractivity contribution in [2.75, 3.05) is 19.4 Å². The number of hydrogen-bond acceptors (Lipinski definition) is 5. The van der Waals surface area contributed by atoms with Gasteiger partial charge < -0.3 is 13.8 Å². The summed E-state index contributed by atoms with van der Waals surface area (Å²) >= 11 is 0. The maximum Gasteiger partial charge on any atom is 0.333 e. The molecule has 15 heavy (non-hydrogen) atoms. The van der Waals surface area contributed by atoms with Gasteiger partial charge in [-0.2, -0.15) is 0 Å². The first-order chi connectivity index (χ1) is 7.02. The second-order valence-corrected chi connectivity index (χ2v) is 5.44. The van der Waals surface area contributed by atoms with Crippen molar-refractivity contribution in [2.45, 2.75) is 33.0 Å². The van der Waals surface area contributed by atoms with Gasteiger partial charge in [-0.3, -0.25) is 9.36 Å². The van der Waals surface area contributed by atoms with Crippen LogP contribution in [0.3, 0.4) is 0 Å². The maximum absolute atomic E-state index is 12.0. The number of hydrogen-bond donors (Lipinski definition) is 0. The van der Waals surface area contributed by atoms with Crippen molar-refractivity contribution in [1.82, 2.24) is 0 Å². The Labute approximate surface area is 89.6 Å². The lowest BCUT2D eigenvalue weighted by atomic mass is 10.3. The molecular formula is C9H17O5P. The van der Waals surface area contributed by atoms with Gasteiger partial charge in [0.15, 0.2) is 5.78 Å². The second-order valence-electron chi connectivity index (χ2n) is 3.33. The van der Waals surface area contributed by atoms with Crippen LogP contribution < -0.4 is 0 Å². The third-order valence-electron chi connectivity index (χ3n) is 2.04. The van der Waals surface area contributed by atoms with Crippen molar-refractivity contribution < 1.29 is 23.1 Å². The van der Waals surface area contributed by atoms with Gasteiger partial charge in [-0.1, -0.05) is 0 Å². The fourth-order valence-corrected chi connectivity index (χ4v) is 3.19. The van der Waals surface area contributed by atoms with Crippen LogP contribution in [0.25, 0.3) is 0 Å². The van der Waals surface area contributed by atoms with E-state index in [-0.39, 0.29) is 18.0 Å². The molecule has 2 atom stereocenters. The average Bonchev–Trinajstić information content (AvgIpc) is 2.84. The van der Waals surface area contributed by atoms with Crippen LogP contribution in [-0.2, 0) is 23.1 Å². The molecule has 0 radical (unpaired) electrons. The number of carbonyl (C=O) groups is 1. The fraction of sp³-hybridized carbons (Fsp3) is 0.889. The highest BCUT2D eigenvalue weighted by atomic mass is 31.2. The van der Waals surface area contributed by atoms with Crippen LogP contribution in [0.2, 0.25) is 0 Å². The van der Waals surface area contributed by atoms with E-state index in [1.165, 1.54) is 6.92 Å². The Morgan fingerprint density at radius 3 is 2.20 bits per heavy atom. The predicted molar refractivity (Wildman–Crippen MR) is 55.1 cm³/mol. The first-order valence-electron chi connectivity index (χ1n) is 5.06. The number of ether oxygens (including phenoxy) is 1. The number of rotatable bonds is 7. The quantitative estimate of drug-likeness (QED) is 0.496. The van der Waals surface area contributed by atoms with Crippen molar-refractivity contribution in [3.63, 3.8) is 0 Å². The summed E-state index contributed by atoms with van der Waals surface area (Å²) in [7, 11) is -3.07. The Morgan fingerprint density at radius 1 is 1.33 bits per heavy atom. The van der Waals surface area contributed by atoms with Crippen LogP contribution >= 0.6 is 7.60 Å². The van der Waals surface area contributed by atoms with Crippen LogP contribution in [0, 0.1) is 0 Å². The summed E-state index contributed by atoms with van der Waals surface area (Å²) in [4.78, 5) is 10.9. The number of epoxide rings is 1. The third-order valence-corrected chi connectivity index (χ3v) is 4.15. The number of ketones is 1. The topological polar surface area (TPSA) is 65.1 Å². The van der Waals surface area contributed by atoms with Crippen molar-refractivity contribution in [3.05, 3.63) is 0 Å². The normalized spacial score (nSPS) is 25.3. The summed E-state index contributed by atoms with van der Waals surface area (Å²) in [6.45, 7) is 5.62. The van der Waals surface area contributed by atoms with Gasteiger partial charge in [0, 0.05) is 0 Å². The number of carbonyl (C=O) groups excluding carboxylic acids is 1. The van der Waals surface area contributed by atoms with Gasteiger partial charge in [-0.15, -0.1) is 0 Å². The molecule has 0 N–H and O–H groups in total. The van der Waals surface area contributed by atoms with Gasteiger partial charge in [-0.25, -0.2) is 0 Å². The highest BCUT2D eigenvalue weighted by molar-refractivity contribution is 7.53. The molecule has 1 saturated heterocycles. The molecule has 1 aliphatic heterocycles. The lowest BCUT2D eigenvalue weighted by Gasteiger charge is -2.15. The highest BCUT2D eigenvalue weighted by Crippen LogP contribution is 2.51. The largest absolute Gasteiger partial charge is 0.361 e. The molecule has 1 aliphatic rings. The molecule has 0 spiro atoms. The molecule has 6 heteroatoms. The summed E-state index contributed by atoms with van der Waals surface area (Å²) in [6.07, 6.45) is -0.551. The maximum atomic E-state index is 12.0. The lowest BCUT2D eigenvalue weighted by Crippen LogP contribution is -2.10. The van der Waals surface area contributed by atoms with Crippen LogP contribution in [0.4, 0.5) is 0 Å². The molecular weight excluding hydrogens is 219 g/mol. The molecule has 0 bridgehead atoms. The molecule has 0 amide bonds. The highest BCUT2D eigenvalue weighted by Gasteiger charge is 2.47. The van der Waals surface area contributed by atoms with E-state index in [0.717, 1.165) is 0 Å². The molecule has 2 unspecified atom stereocenters. The molecule has 0 aliphatic carbocycles. The fourth-order valence-electron chi connectivity index (χ4n) is 1.40. The third kappa shape index (κ3) is 3.68. The summed E-state index contributed by atoms with van der Waals surface area (Å²) in [5.41, 5.74) is 0. The van der Waals surface area contributed by atoms with Crippen molar-refractivity contribution >= 4 is 13.4 Å². The van der Waals surface area contributed by atoms with Gasteiger partial charge in [-0.05, 0) is 20.8 Å². The molecule has 1 fully saturated rings. The molecule has 1 rings (SSSR count). The van der Waals surface area contributed by atoms with Crippen molar-refractivity contribution in [1.29, 1.82) is 0 Å². The van der Waals surface area contributed by atoms with Gasteiger partial charge >= 0.3 is 7.60 Å². The minimum absolute atomic E-state index is 0.0421. The van der Waals surface area contributed by atoms with E-state index in [2.05, 4.69) is 0 Å². The molecule has 1 heterocycles. The van der Waals surface area contributed by atoms with E-state index < -0.39 is 13.7 Å². The molecule has 0 aromatic carbocycles. The molecule has 0 saturated carbocycles. The summed E-state index contributed by atoms with van der Waals surface area (Å²) in [5, 5.41) is 0. The standard InChI is InChI=1S/C9H17O5P/c1-4-12-15(11,13-5-2)6-8-9(14-8)7(3)10/h8-9H,4-6H2,1-3H3. The first-order valence-corrected chi connectivity index (χ1v) is 6.79. The first kappa shape index (κ1) is 12.8. The van der Waals surface area contributed by atoms with Crippen LogP contribution in [0.5, 0.6) is 0 Å². The predicted octanol–water partition coefficient (Wildman–Crippen LogP) is 1.61. The Balaban J connectivity index is 2.46. The Kier molecular flexibility index (Phi) is 4.46. The average molecular weight is 236 g/mol. The van der Waals surface area contributed by atoms with Gasteiger partial charge in [0.05, 0.1) is 19.4 Å². The van der Waals surface area contributed by atoms with E-state index in [1.807, 2.05) is 0 Å². The van der Waals surface area contributed by atoms with Gasteiger partial charge in [0.25, 0.3) is 0 Å². The monoisotopic (exact) mass is 236 g/mol. The minimum atomic E-state index is -3.07. The molecule has 0 aromatic rings. The summed E-state index contributed by atoms with van der Waals surface area (Å²) in [5.74, 6) is -0.0421. The SMILES string of the molecule is CCOP(=O)(CC1OC1C(C)=O)OCC. The van der Waals surface area contributed by atoms with E-state index in [4.69, 9.17) is 13.8 Å². The van der Waals surface area contributed by atoms with Gasteiger partial charge in [0.1, 0.15) is 12.2 Å². The zero-order chi connectivity index (χ0) is 11.5. The second kappa shape index (κ2) is 5.21. The molecule has 0 aromatic heterocycles. The Hall–Kier alpha value is -0.220. The Bertz CT molecular complexity index is 268. The summed E-state index contributed by atoms with van der Waals surface area (Å²) in [6, 6.07) is 0. The van der Waals surface area contributed by atoms with E-state index in [0.29, 0.717) is 13.2 Å². The van der Waals surface area contributed by atoms with Crippen LogP contribution in [0.1, 0.15) is 20.8 Å². The van der Waals surface area contributed by atoms with E-state index in [1.54, 1.807) is 13.8 Å². The van der Waals surface area contributed by atoms with E-state index in [9.17, 15) is 9.36 Å². The minimum Gasteiger partial charge on any atom is -0.361 e. The smallest absolute Gasteiger partial charge is 0.333 e. The zero-order valence-corrected chi connectivity index (χ0v) is 10.2.